The van der Waals surface area contributed by atoms with Crippen molar-refractivity contribution < 1.29 is 22.7 Å². The third-order valence-electron chi connectivity index (χ3n) is 4.76. The predicted molar refractivity (Wildman–Crippen MR) is 126 cm³/mol. The smallest absolute Gasteiger partial charge is 0.338 e. The zero-order chi connectivity index (χ0) is 24.3. The monoisotopic (exact) mass is 499 g/mol. The maximum Gasteiger partial charge on any atom is 0.338 e. The summed E-state index contributed by atoms with van der Waals surface area (Å²) in [5.41, 5.74) is 0.481. The minimum Gasteiger partial charge on any atom is -0.495 e. The molecule has 0 radical (unpaired) electrons. The number of pyridine rings is 1. The van der Waals surface area contributed by atoms with Crippen LogP contribution in [-0.2, 0) is 21.4 Å². The molecule has 9 nitrogen and oxygen atoms in total. The first-order chi connectivity index (χ1) is 16.3. The van der Waals surface area contributed by atoms with Gasteiger partial charge in [0.2, 0.25) is 0 Å². The molecule has 0 aliphatic rings. The highest BCUT2D eigenvalue weighted by molar-refractivity contribution is 7.92. The number of rotatable bonds is 7. The largest absolute Gasteiger partial charge is 0.495 e. The van der Waals surface area contributed by atoms with E-state index in [1.807, 2.05) is 0 Å². The van der Waals surface area contributed by atoms with Gasteiger partial charge in [-0.25, -0.2) is 18.2 Å². The van der Waals surface area contributed by atoms with Gasteiger partial charge in [-0.2, -0.15) is 0 Å². The van der Waals surface area contributed by atoms with E-state index in [1.54, 1.807) is 36.4 Å². The molecule has 2 aromatic heterocycles. The van der Waals surface area contributed by atoms with Crippen LogP contribution in [0.5, 0.6) is 5.75 Å². The second-order valence-electron chi connectivity index (χ2n) is 7.07. The summed E-state index contributed by atoms with van der Waals surface area (Å²) in [5, 5.41) is 0.380. The van der Waals surface area contributed by atoms with Gasteiger partial charge in [0.15, 0.2) is 0 Å². The molecule has 2 aromatic carbocycles. The molecule has 0 saturated carbocycles. The Bertz CT molecular complexity index is 1550. The molecule has 0 aliphatic heterocycles. The molecule has 174 valence electrons. The molecule has 0 spiro atoms. The summed E-state index contributed by atoms with van der Waals surface area (Å²) in [7, 11) is -2.58. The highest BCUT2D eigenvalue weighted by atomic mass is 35.5. The fraction of sp³-hybridized carbons (Fsp3) is 0.0870. The number of benzene rings is 2. The zero-order valence-corrected chi connectivity index (χ0v) is 19.3. The predicted octanol–water partition coefficient (Wildman–Crippen LogP) is 3.51. The van der Waals surface area contributed by atoms with Crippen molar-refractivity contribution in [3.8, 4) is 5.75 Å². The van der Waals surface area contributed by atoms with Crippen LogP contribution < -0.4 is 15.0 Å². The van der Waals surface area contributed by atoms with Gasteiger partial charge in [0.1, 0.15) is 18.0 Å². The lowest BCUT2D eigenvalue weighted by atomic mass is 10.2. The van der Waals surface area contributed by atoms with Gasteiger partial charge >= 0.3 is 5.97 Å². The van der Waals surface area contributed by atoms with Crippen LogP contribution >= 0.6 is 11.6 Å². The van der Waals surface area contributed by atoms with E-state index in [9.17, 15) is 18.0 Å². The number of ether oxygens (including phenoxy) is 2. The van der Waals surface area contributed by atoms with Crippen molar-refractivity contribution in [2.75, 3.05) is 11.8 Å². The quantitative estimate of drug-likeness (QED) is 0.387. The zero-order valence-electron chi connectivity index (χ0n) is 17.8. The molecule has 1 N–H and O–H groups in total. The summed E-state index contributed by atoms with van der Waals surface area (Å²) in [5.74, 6) is -0.421. The highest BCUT2D eigenvalue weighted by Gasteiger charge is 2.19. The van der Waals surface area contributed by atoms with Crippen LogP contribution in [0.2, 0.25) is 5.02 Å². The Labute approximate surface area is 199 Å². The Hall–Kier alpha value is -3.89. The summed E-state index contributed by atoms with van der Waals surface area (Å²) in [6.07, 6.45) is 1.44. The molecule has 0 amide bonds. The molecular formula is C23H18ClN3O6S. The summed E-state index contributed by atoms with van der Waals surface area (Å²) in [4.78, 5) is 29.0. The van der Waals surface area contributed by atoms with Crippen LogP contribution in [-0.4, -0.2) is 30.9 Å². The second kappa shape index (κ2) is 9.54. The van der Waals surface area contributed by atoms with Gasteiger partial charge in [-0.05, 0) is 42.5 Å². The van der Waals surface area contributed by atoms with Crippen LogP contribution in [0, 0.1) is 0 Å². The van der Waals surface area contributed by atoms with E-state index in [2.05, 4.69) is 9.71 Å². The number of esters is 1. The fourth-order valence-electron chi connectivity index (χ4n) is 3.15. The number of fused-ring (bicyclic) bond motifs is 1. The minimum absolute atomic E-state index is 0.0206. The summed E-state index contributed by atoms with van der Waals surface area (Å²) >= 11 is 5.90. The number of anilines is 1. The molecule has 2 heterocycles. The highest BCUT2D eigenvalue weighted by Crippen LogP contribution is 2.26. The van der Waals surface area contributed by atoms with E-state index >= 15 is 0 Å². The Morgan fingerprint density at radius 2 is 1.88 bits per heavy atom. The number of carbonyl (C=O) groups excluding carboxylic acids is 1. The molecule has 0 atom stereocenters. The van der Waals surface area contributed by atoms with E-state index in [1.165, 1.54) is 48.0 Å². The van der Waals surface area contributed by atoms with Crippen molar-refractivity contribution >= 4 is 38.9 Å². The molecule has 4 aromatic rings. The number of sulfonamides is 1. The van der Waals surface area contributed by atoms with Gasteiger partial charge in [0.05, 0.1) is 34.0 Å². The van der Waals surface area contributed by atoms with Gasteiger partial charge in [0.25, 0.3) is 15.6 Å². The maximum atomic E-state index is 12.8. The topological polar surface area (TPSA) is 116 Å². The average molecular weight is 500 g/mol. The Morgan fingerprint density at radius 1 is 1.09 bits per heavy atom. The number of carbonyl (C=O) groups is 1. The Morgan fingerprint density at radius 3 is 2.68 bits per heavy atom. The number of hydrogen-bond acceptors (Lipinski definition) is 7. The lowest BCUT2D eigenvalue weighted by Gasteiger charge is -2.12. The van der Waals surface area contributed by atoms with Crippen molar-refractivity contribution in [3.63, 3.8) is 0 Å². The standard InChI is InChI=1S/C23H18ClN3O6S/c1-32-20-8-3-2-7-19(20)26-34(30,31)18-6-4-5-15(11-18)23(29)33-14-17-12-22(28)27-13-16(24)9-10-21(27)25-17/h2-13,26H,14H2,1H3. The normalized spacial score (nSPS) is 11.2. The van der Waals surface area contributed by atoms with Crippen molar-refractivity contribution in [1.82, 2.24) is 9.38 Å². The van der Waals surface area contributed by atoms with E-state index in [4.69, 9.17) is 21.1 Å². The van der Waals surface area contributed by atoms with E-state index in [0.717, 1.165) is 0 Å². The van der Waals surface area contributed by atoms with Crippen LogP contribution in [0.4, 0.5) is 5.69 Å². The summed E-state index contributed by atoms with van der Waals surface area (Å²) < 4.78 is 39.8. The summed E-state index contributed by atoms with van der Waals surface area (Å²) in [6, 6.07) is 16.3. The third-order valence-corrected chi connectivity index (χ3v) is 6.35. The lowest BCUT2D eigenvalue weighted by Crippen LogP contribution is -2.17. The Kier molecular flexibility index (Phi) is 6.53. The maximum absolute atomic E-state index is 12.8. The van der Waals surface area contributed by atoms with E-state index in [-0.39, 0.29) is 34.0 Å². The number of para-hydroxylation sites is 2. The molecule has 0 bridgehead atoms. The Balaban J connectivity index is 1.51. The van der Waals surface area contributed by atoms with Crippen molar-refractivity contribution in [2.24, 2.45) is 0 Å². The SMILES string of the molecule is COc1ccccc1NS(=O)(=O)c1cccc(C(=O)OCc2cc(=O)n3cc(Cl)ccc3n2)c1. The molecule has 0 unspecified atom stereocenters. The molecule has 4 rings (SSSR count). The average Bonchev–Trinajstić information content (AvgIpc) is 2.83. The van der Waals surface area contributed by atoms with Gasteiger partial charge in [-0.1, -0.05) is 29.8 Å². The van der Waals surface area contributed by atoms with Crippen molar-refractivity contribution in [3.05, 3.63) is 99.6 Å². The van der Waals surface area contributed by atoms with E-state index < -0.39 is 16.0 Å². The van der Waals surface area contributed by atoms with Crippen LogP contribution in [0.25, 0.3) is 5.65 Å². The molecule has 0 fully saturated rings. The summed E-state index contributed by atoms with van der Waals surface area (Å²) in [6.45, 7) is -0.274. The van der Waals surface area contributed by atoms with Crippen LogP contribution in [0.3, 0.4) is 0 Å². The molecule has 11 heteroatoms. The fourth-order valence-corrected chi connectivity index (χ4v) is 4.42. The van der Waals surface area contributed by atoms with Gasteiger partial charge in [-0.3, -0.25) is 13.9 Å². The molecular weight excluding hydrogens is 482 g/mol. The number of nitrogens with one attached hydrogen (secondary N) is 1. The number of methoxy groups -OCH3 is 1. The third kappa shape index (κ3) is 5.03. The van der Waals surface area contributed by atoms with E-state index in [0.29, 0.717) is 16.4 Å². The van der Waals surface area contributed by atoms with Crippen LogP contribution in [0.15, 0.2) is 82.6 Å². The second-order valence-corrected chi connectivity index (χ2v) is 9.19. The van der Waals surface area contributed by atoms with Crippen molar-refractivity contribution in [2.45, 2.75) is 11.5 Å². The molecule has 0 aliphatic carbocycles. The van der Waals surface area contributed by atoms with Crippen LogP contribution in [0.1, 0.15) is 16.1 Å². The lowest BCUT2D eigenvalue weighted by molar-refractivity contribution is 0.0467. The van der Waals surface area contributed by atoms with Gasteiger partial charge < -0.3 is 9.47 Å². The minimum atomic E-state index is -4.01. The van der Waals surface area contributed by atoms with Gasteiger partial charge in [0, 0.05) is 12.3 Å². The first kappa shape index (κ1) is 23.3. The first-order valence-corrected chi connectivity index (χ1v) is 11.7. The number of aromatic nitrogens is 2. The molecule has 0 saturated heterocycles. The van der Waals surface area contributed by atoms with Crippen molar-refractivity contribution in [1.29, 1.82) is 0 Å². The molecule has 34 heavy (non-hydrogen) atoms. The van der Waals surface area contributed by atoms with Gasteiger partial charge in [-0.15, -0.1) is 0 Å². The first-order valence-electron chi connectivity index (χ1n) is 9.88. The number of halogens is 1. The number of nitrogens with zero attached hydrogens (tertiary/aromatic N) is 2. The number of hydrogen-bond donors (Lipinski definition) is 1.